The molecule has 1 saturated carbocycles. The van der Waals surface area contributed by atoms with Gasteiger partial charge in [0.1, 0.15) is 0 Å². The second-order valence-corrected chi connectivity index (χ2v) is 8.76. The molecule has 2 rings (SSSR count). The maximum Gasteiger partial charge on any atom is 0.269 e. The van der Waals surface area contributed by atoms with Gasteiger partial charge in [-0.05, 0) is 42.6 Å². The maximum atomic E-state index is 11.9. The average molecular weight is 378 g/mol. The van der Waals surface area contributed by atoms with E-state index in [0.717, 1.165) is 42.9 Å². The van der Waals surface area contributed by atoms with Crippen LogP contribution < -0.4 is 5.43 Å². The number of amides is 1. The highest BCUT2D eigenvalue weighted by Gasteiger charge is 2.28. The van der Waals surface area contributed by atoms with Crippen LogP contribution in [-0.4, -0.2) is 22.3 Å². The van der Waals surface area contributed by atoms with Gasteiger partial charge < -0.3 is 0 Å². The van der Waals surface area contributed by atoms with Gasteiger partial charge in [-0.3, -0.25) is 14.9 Å². The Kier molecular flexibility index (Phi) is 7.20. The van der Waals surface area contributed by atoms with E-state index in [4.69, 9.17) is 0 Å². The van der Waals surface area contributed by atoms with Crippen molar-refractivity contribution < 1.29 is 9.72 Å². The number of thioether (sulfide) groups is 1. The summed E-state index contributed by atoms with van der Waals surface area (Å²) in [5, 5.41) is 14.9. The predicted octanol–water partition coefficient (Wildman–Crippen LogP) is 4.54. The summed E-state index contributed by atoms with van der Waals surface area (Å²) in [6.07, 6.45) is 4.18. The smallest absolute Gasteiger partial charge is 0.269 e. The van der Waals surface area contributed by atoms with Crippen LogP contribution in [0.5, 0.6) is 0 Å². The molecule has 26 heavy (non-hydrogen) atoms. The van der Waals surface area contributed by atoms with Gasteiger partial charge in [0.15, 0.2) is 0 Å². The molecule has 1 aromatic carbocycles. The number of nitrogens with zero attached hydrogens (tertiary/aromatic N) is 2. The van der Waals surface area contributed by atoms with Crippen molar-refractivity contribution in [3.8, 4) is 0 Å². The van der Waals surface area contributed by atoms with Gasteiger partial charge in [0, 0.05) is 23.6 Å². The Balaban J connectivity index is 1.68. The van der Waals surface area contributed by atoms with E-state index < -0.39 is 4.92 Å². The molecule has 1 aromatic rings. The molecule has 0 bridgehead atoms. The molecular weight excluding hydrogens is 350 g/mol. The SMILES string of the molecule is CC(C)(C)C1CCC(=NNC(=O)CSCc2ccc([N+](=O)[O-])cc2)CC1. The second kappa shape index (κ2) is 9.16. The van der Waals surface area contributed by atoms with Crippen molar-refractivity contribution in [3.05, 3.63) is 39.9 Å². The molecule has 0 aliphatic heterocycles. The normalized spacial score (nSPS) is 17.7. The summed E-state index contributed by atoms with van der Waals surface area (Å²) in [6.45, 7) is 6.84. The Morgan fingerprint density at radius 3 is 2.42 bits per heavy atom. The van der Waals surface area contributed by atoms with Crippen molar-refractivity contribution in [1.29, 1.82) is 0 Å². The number of rotatable bonds is 6. The number of nitro benzene ring substituents is 1. The first-order chi connectivity index (χ1) is 12.3. The van der Waals surface area contributed by atoms with Crippen LogP contribution in [0, 0.1) is 21.4 Å². The predicted molar refractivity (Wildman–Crippen MR) is 106 cm³/mol. The van der Waals surface area contributed by atoms with Crippen LogP contribution in [0.2, 0.25) is 0 Å². The van der Waals surface area contributed by atoms with E-state index in [1.165, 1.54) is 23.9 Å². The molecule has 142 valence electrons. The van der Waals surface area contributed by atoms with Crippen molar-refractivity contribution in [1.82, 2.24) is 5.43 Å². The summed E-state index contributed by atoms with van der Waals surface area (Å²) >= 11 is 1.47. The highest BCUT2D eigenvalue weighted by atomic mass is 32.2. The Morgan fingerprint density at radius 2 is 1.88 bits per heavy atom. The third-order valence-corrected chi connectivity index (χ3v) is 5.78. The molecule has 0 spiro atoms. The van der Waals surface area contributed by atoms with E-state index in [2.05, 4.69) is 31.3 Å². The molecule has 6 nitrogen and oxygen atoms in total. The molecule has 0 atom stereocenters. The Labute approximate surface area is 159 Å². The lowest BCUT2D eigenvalue weighted by atomic mass is 9.72. The molecule has 0 unspecified atom stereocenters. The van der Waals surface area contributed by atoms with E-state index in [0.29, 0.717) is 16.9 Å². The first-order valence-electron chi connectivity index (χ1n) is 8.91. The third kappa shape index (κ3) is 6.44. The van der Waals surface area contributed by atoms with Crippen molar-refractivity contribution in [3.63, 3.8) is 0 Å². The van der Waals surface area contributed by atoms with Crippen molar-refractivity contribution in [2.75, 3.05) is 5.75 Å². The number of carbonyl (C=O) groups excluding carboxylic acids is 1. The number of hydrogen-bond acceptors (Lipinski definition) is 5. The van der Waals surface area contributed by atoms with Gasteiger partial charge in [0.25, 0.3) is 5.69 Å². The topological polar surface area (TPSA) is 84.6 Å². The maximum absolute atomic E-state index is 11.9. The zero-order valence-electron chi connectivity index (χ0n) is 15.7. The fourth-order valence-corrected chi connectivity index (χ4v) is 3.86. The molecule has 1 aliphatic rings. The monoisotopic (exact) mass is 377 g/mol. The van der Waals surface area contributed by atoms with Crippen LogP contribution in [0.15, 0.2) is 29.4 Å². The van der Waals surface area contributed by atoms with Crippen molar-refractivity contribution >= 4 is 29.1 Å². The summed E-state index contributed by atoms with van der Waals surface area (Å²) in [5.41, 5.74) is 5.11. The summed E-state index contributed by atoms with van der Waals surface area (Å²) < 4.78 is 0. The number of carbonyl (C=O) groups is 1. The molecular formula is C19H27N3O3S. The lowest BCUT2D eigenvalue weighted by Gasteiger charge is -2.34. The first-order valence-corrected chi connectivity index (χ1v) is 10.1. The zero-order valence-corrected chi connectivity index (χ0v) is 16.5. The molecule has 0 heterocycles. The van der Waals surface area contributed by atoms with Crippen LogP contribution in [0.1, 0.15) is 52.0 Å². The summed E-state index contributed by atoms with van der Waals surface area (Å²) in [5.74, 6) is 1.56. The van der Waals surface area contributed by atoms with Crippen LogP contribution in [0.25, 0.3) is 0 Å². The summed E-state index contributed by atoms with van der Waals surface area (Å²) in [6, 6.07) is 6.40. The van der Waals surface area contributed by atoms with Gasteiger partial charge in [0.2, 0.25) is 5.91 Å². The Bertz CT molecular complexity index is 656. The first kappa shape index (κ1) is 20.4. The minimum atomic E-state index is -0.418. The summed E-state index contributed by atoms with van der Waals surface area (Å²) in [4.78, 5) is 22.1. The Hall–Kier alpha value is -1.89. The van der Waals surface area contributed by atoms with E-state index >= 15 is 0 Å². The fourth-order valence-electron chi connectivity index (χ4n) is 3.08. The largest absolute Gasteiger partial charge is 0.272 e. The van der Waals surface area contributed by atoms with E-state index in [9.17, 15) is 14.9 Å². The fraction of sp³-hybridized carbons (Fsp3) is 0.579. The Morgan fingerprint density at radius 1 is 1.27 bits per heavy atom. The molecule has 1 N–H and O–H groups in total. The van der Waals surface area contributed by atoms with Gasteiger partial charge in [-0.15, -0.1) is 11.8 Å². The molecule has 1 aliphatic carbocycles. The molecule has 1 fully saturated rings. The van der Waals surface area contributed by atoms with E-state index in [-0.39, 0.29) is 11.6 Å². The van der Waals surface area contributed by atoms with Crippen LogP contribution in [-0.2, 0) is 10.5 Å². The van der Waals surface area contributed by atoms with Crippen LogP contribution in [0.4, 0.5) is 5.69 Å². The van der Waals surface area contributed by atoms with Crippen molar-refractivity contribution in [2.24, 2.45) is 16.4 Å². The minimum Gasteiger partial charge on any atom is -0.272 e. The van der Waals surface area contributed by atoms with E-state index in [1.807, 2.05) is 0 Å². The quantitative estimate of drug-likeness (QED) is 0.583. The molecule has 0 aromatic heterocycles. The van der Waals surface area contributed by atoms with Gasteiger partial charge in [-0.2, -0.15) is 5.10 Å². The zero-order chi connectivity index (χ0) is 19.2. The third-order valence-electron chi connectivity index (χ3n) is 4.78. The average Bonchev–Trinajstić information content (AvgIpc) is 2.60. The van der Waals surface area contributed by atoms with Crippen LogP contribution >= 0.6 is 11.8 Å². The van der Waals surface area contributed by atoms with Gasteiger partial charge in [-0.1, -0.05) is 32.9 Å². The van der Waals surface area contributed by atoms with E-state index in [1.54, 1.807) is 12.1 Å². The number of nitro groups is 1. The molecule has 0 radical (unpaired) electrons. The van der Waals surface area contributed by atoms with Gasteiger partial charge >= 0.3 is 0 Å². The highest BCUT2D eigenvalue weighted by Crippen LogP contribution is 2.36. The van der Waals surface area contributed by atoms with Gasteiger partial charge in [0.05, 0.1) is 10.7 Å². The van der Waals surface area contributed by atoms with Crippen LogP contribution in [0.3, 0.4) is 0 Å². The number of hydrogen-bond donors (Lipinski definition) is 1. The number of nitrogens with one attached hydrogen (secondary N) is 1. The molecule has 0 saturated heterocycles. The highest BCUT2D eigenvalue weighted by molar-refractivity contribution is 7.99. The summed E-state index contributed by atoms with van der Waals surface area (Å²) in [7, 11) is 0. The second-order valence-electron chi connectivity index (χ2n) is 7.77. The molecule has 1 amide bonds. The minimum absolute atomic E-state index is 0.0773. The standard InChI is InChI=1S/C19H27N3O3S/c1-19(2,3)15-6-8-16(9-7-15)20-21-18(23)13-26-12-14-4-10-17(11-5-14)22(24)25/h4-5,10-11,15H,6-9,12-13H2,1-3H3,(H,21,23). The lowest BCUT2D eigenvalue weighted by Crippen LogP contribution is -2.28. The number of hydrazone groups is 1. The number of non-ortho nitro benzene ring substituents is 1. The van der Waals surface area contributed by atoms with Crippen molar-refractivity contribution in [2.45, 2.75) is 52.2 Å². The van der Waals surface area contributed by atoms with Gasteiger partial charge in [-0.25, -0.2) is 5.43 Å². The molecule has 7 heteroatoms. The number of benzene rings is 1. The lowest BCUT2D eigenvalue weighted by molar-refractivity contribution is -0.384.